The molecular weight excluding hydrogens is 256 g/mol. The van der Waals surface area contributed by atoms with Crippen LogP contribution < -0.4 is 4.74 Å². The van der Waals surface area contributed by atoms with Crippen molar-refractivity contribution in [3.63, 3.8) is 0 Å². The topological polar surface area (TPSA) is 35.0 Å². The van der Waals surface area contributed by atoms with Gasteiger partial charge in [0.15, 0.2) is 0 Å². The molecule has 0 saturated carbocycles. The maximum Gasteiger partial charge on any atom is 0.129 e. The Bertz CT molecular complexity index is 528. The summed E-state index contributed by atoms with van der Waals surface area (Å²) in [6, 6.07) is 5.93. The first kappa shape index (κ1) is 8.85. The van der Waals surface area contributed by atoms with Crippen LogP contribution in [0.2, 0.25) is 0 Å². The Balaban J connectivity index is 2.28. The van der Waals surface area contributed by atoms with Crippen LogP contribution in [0.4, 0.5) is 0 Å². The standard InChI is InChI=1S/C11H7BrN2O/c12-8-1-2-10-9(3-8)11-7(5-15-10)4-13-6-14-11/h1-4,6H,5H2. The summed E-state index contributed by atoms with van der Waals surface area (Å²) in [4.78, 5) is 8.28. The van der Waals surface area contributed by atoms with E-state index in [-0.39, 0.29) is 0 Å². The van der Waals surface area contributed by atoms with E-state index in [9.17, 15) is 0 Å². The van der Waals surface area contributed by atoms with E-state index in [1.165, 1.54) is 0 Å². The number of fused-ring (bicyclic) bond motifs is 3. The Morgan fingerprint density at radius 2 is 2.27 bits per heavy atom. The second-order valence-corrected chi connectivity index (χ2v) is 4.24. The monoisotopic (exact) mass is 262 g/mol. The molecule has 0 fully saturated rings. The number of rotatable bonds is 0. The van der Waals surface area contributed by atoms with Crippen molar-refractivity contribution >= 4 is 15.9 Å². The van der Waals surface area contributed by atoms with Crippen molar-refractivity contribution in [1.82, 2.24) is 9.97 Å². The Morgan fingerprint density at radius 1 is 1.33 bits per heavy atom. The highest BCUT2D eigenvalue weighted by Crippen LogP contribution is 2.37. The molecule has 3 nitrogen and oxygen atoms in total. The summed E-state index contributed by atoms with van der Waals surface area (Å²) >= 11 is 3.44. The van der Waals surface area contributed by atoms with Gasteiger partial charge in [-0.1, -0.05) is 15.9 Å². The van der Waals surface area contributed by atoms with Gasteiger partial charge in [0.2, 0.25) is 0 Å². The van der Waals surface area contributed by atoms with Gasteiger partial charge in [-0.15, -0.1) is 0 Å². The van der Waals surface area contributed by atoms with Gasteiger partial charge in [0, 0.05) is 21.8 Å². The van der Waals surface area contributed by atoms with E-state index in [1.54, 1.807) is 12.5 Å². The Kier molecular flexibility index (Phi) is 1.95. The molecule has 1 aromatic carbocycles. The predicted molar refractivity (Wildman–Crippen MR) is 59.5 cm³/mol. The van der Waals surface area contributed by atoms with E-state index in [4.69, 9.17) is 4.74 Å². The zero-order chi connectivity index (χ0) is 10.3. The van der Waals surface area contributed by atoms with Crippen molar-refractivity contribution in [2.24, 2.45) is 0 Å². The molecule has 1 aromatic heterocycles. The van der Waals surface area contributed by atoms with E-state index < -0.39 is 0 Å². The maximum atomic E-state index is 5.60. The van der Waals surface area contributed by atoms with Gasteiger partial charge in [0.25, 0.3) is 0 Å². The van der Waals surface area contributed by atoms with E-state index in [0.29, 0.717) is 6.61 Å². The molecule has 4 heteroatoms. The quantitative estimate of drug-likeness (QED) is 0.733. The lowest BCUT2D eigenvalue weighted by atomic mass is 10.0. The minimum atomic E-state index is 0.546. The van der Waals surface area contributed by atoms with Crippen molar-refractivity contribution in [2.45, 2.75) is 6.61 Å². The van der Waals surface area contributed by atoms with Gasteiger partial charge in [-0.3, -0.25) is 0 Å². The second-order valence-electron chi connectivity index (χ2n) is 3.33. The van der Waals surface area contributed by atoms with Crippen molar-refractivity contribution in [3.05, 3.63) is 40.8 Å². The summed E-state index contributed by atoms with van der Waals surface area (Å²) in [5.41, 5.74) is 3.02. The lowest BCUT2D eigenvalue weighted by molar-refractivity contribution is 0.301. The summed E-state index contributed by atoms with van der Waals surface area (Å²) in [5, 5.41) is 0. The Morgan fingerprint density at radius 3 is 3.20 bits per heavy atom. The number of halogens is 1. The van der Waals surface area contributed by atoms with Crippen LogP contribution in [0.1, 0.15) is 5.56 Å². The highest BCUT2D eigenvalue weighted by Gasteiger charge is 2.18. The van der Waals surface area contributed by atoms with E-state index in [2.05, 4.69) is 25.9 Å². The van der Waals surface area contributed by atoms with Crippen LogP contribution in [-0.4, -0.2) is 9.97 Å². The molecule has 1 aliphatic heterocycles. The van der Waals surface area contributed by atoms with Crippen LogP contribution in [0.25, 0.3) is 11.3 Å². The number of hydrogen-bond donors (Lipinski definition) is 0. The molecule has 2 aromatic rings. The van der Waals surface area contributed by atoms with Crippen molar-refractivity contribution in [3.8, 4) is 17.0 Å². The summed E-state index contributed by atoms with van der Waals surface area (Å²) in [7, 11) is 0. The van der Waals surface area contributed by atoms with Gasteiger partial charge in [0.1, 0.15) is 18.7 Å². The van der Waals surface area contributed by atoms with Gasteiger partial charge in [-0.2, -0.15) is 0 Å². The number of ether oxygens (including phenoxy) is 1. The molecule has 15 heavy (non-hydrogen) atoms. The Hall–Kier alpha value is -1.42. The highest BCUT2D eigenvalue weighted by molar-refractivity contribution is 9.10. The molecule has 0 N–H and O–H groups in total. The van der Waals surface area contributed by atoms with Crippen molar-refractivity contribution in [1.29, 1.82) is 0 Å². The average molecular weight is 263 g/mol. The van der Waals surface area contributed by atoms with Crippen LogP contribution in [0.5, 0.6) is 5.75 Å². The highest BCUT2D eigenvalue weighted by atomic mass is 79.9. The van der Waals surface area contributed by atoms with Crippen molar-refractivity contribution in [2.75, 3.05) is 0 Å². The Labute approximate surface area is 95.3 Å². The summed E-state index contributed by atoms with van der Waals surface area (Å²) < 4.78 is 6.63. The minimum Gasteiger partial charge on any atom is -0.488 e. The van der Waals surface area contributed by atoms with Crippen LogP contribution in [0.3, 0.4) is 0 Å². The molecule has 0 bridgehead atoms. The molecule has 0 radical (unpaired) electrons. The fourth-order valence-corrected chi connectivity index (χ4v) is 2.04. The maximum absolute atomic E-state index is 5.60. The normalized spacial score (nSPS) is 12.6. The third-order valence-corrected chi connectivity index (χ3v) is 2.86. The molecule has 0 spiro atoms. The van der Waals surface area contributed by atoms with E-state index in [0.717, 1.165) is 27.0 Å². The summed E-state index contributed by atoms with van der Waals surface area (Å²) in [6.45, 7) is 0.546. The van der Waals surface area contributed by atoms with Crippen LogP contribution >= 0.6 is 15.9 Å². The smallest absolute Gasteiger partial charge is 0.129 e. The molecule has 0 aliphatic carbocycles. The number of nitrogens with zero attached hydrogens (tertiary/aromatic N) is 2. The zero-order valence-corrected chi connectivity index (χ0v) is 9.36. The van der Waals surface area contributed by atoms with Crippen LogP contribution in [0, 0.1) is 0 Å². The van der Waals surface area contributed by atoms with Crippen molar-refractivity contribution < 1.29 is 4.74 Å². The average Bonchev–Trinajstić information content (AvgIpc) is 2.29. The van der Waals surface area contributed by atoms with Gasteiger partial charge in [-0.05, 0) is 18.2 Å². The number of benzene rings is 1. The molecule has 0 atom stereocenters. The molecule has 1 aliphatic rings. The van der Waals surface area contributed by atoms with Crippen LogP contribution in [0.15, 0.2) is 35.2 Å². The molecule has 3 rings (SSSR count). The fraction of sp³-hybridized carbons (Fsp3) is 0.0909. The second kappa shape index (κ2) is 3.31. The molecule has 74 valence electrons. The zero-order valence-electron chi connectivity index (χ0n) is 7.77. The largest absolute Gasteiger partial charge is 0.488 e. The molecule has 0 saturated heterocycles. The third kappa shape index (κ3) is 1.41. The summed E-state index contributed by atoms with van der Waals surface area (Å²) in [6.07, 6.45) is 3.36. The summed E-state index contributed by atoms with van der Waals surface area (Å²) in [5.74, 6) is 0.879. The molecule has 0 amide bonds. The molecule has 2 heterocycles. The lowest BCUT2D eigenvalue weighted by Gasteiger charge is -2.19. The third-order valence-electron chi connectivity index (χ3n) is 2.37. The molecular formula is C11H7BrN2O. The number of hydrogen-bond acceptors (Lipinski definition) is 3. The number of aromatic nitrogens is 2. The fourth-order valence-electron chi connectivity index (χ4n) is 1.68. The van der Waals surface area contributed by atoms with Gasteiger partial charge < -0.3 is 4.74 Å². The SMILES string of the molecule is Brc1ccc2c(c1)-c1ncncc1CO2. The van der Waals surface area contributed by atoms with Gasteiger partial charge in [0.05, 0.1) is 5.69 Å². The van der Waals surface area contributed by atoms with E-state index in [1.807, 2.05) is 18.2 Å². The first-order valence-corrected chi connectivity index (χ1v) is 5.35. The first-order chi connectivity index (χ1) is 7.34. The lowest BCUT2D eigenvalue weighted by Crippen LogP contribution is -2.07. The molecule has 0 unspecified atom stereocenters. The predicted octanol–water partition coefficient (Wildman–Crippen LogP) is 2.80. The van der Waals surface area contributed by atoms with Gasteiger partial charge >= 0.3 is 0 Å². The van der Waals surface area contributed by atoms with Gasteiger partial charge in [-0.25, -0.2) is 9.97 Å². The minimum absolute atomic E-state index is 0.546. The van der Waals surface area contributed by atoms with E-state index >= 15 is 0 Å². The first-order valence-electron chi connectivity index (χ1n) is 4.56. The van der Waals surface area contributed by atoms with Crippen LogP contribution in [-0.2, 0) is 6.61 Å².